The molecule has 0 aliphatic carbocycles. The number of hydrogen-bond donors (Lipinski definition) is 2. The van der Waals surface area contributed by atoms with Crippen LogP contribution in [0.3, 0.4) is 0 Å². The van der Waals surface area contributed by atoms with E-state index in [9.17, 15) is 9.59 Å². The Morgan fingerprint density at radius 1 is 1.04 bits per heavy atom. The molecule has 2 N–H and O–H groups in total. The van der Waals surface area contributed by atoms with Gasteiger partial charge in [0.1, 0.15) is 18.1 Å². The Bertz CT molecular complexity index is 864. The number of carbonyl (C=O) groups excluding carboxylic acids is 2. The van der Waals surface area contributed by atoms with Crippen LogP contribution in [0.1, 0.15) is 16.7 Å². The molecular weight excluding hydrogens is 306 g/mol. The summed E-state index contributed by atoms with van der Waals surface area (Å²) in [6.07, 6.45) is 1.58. The molecule has 3 rings (SSSR count). The molecule has 3 amide bonds. The third kappa shape index (κ3) is 3.42. The predicted molar refractivity (Wildman–Crippen MR) is 86.6 cm³/mol. The normalized spacial score (nSPS) is 14.9. The van der Waals surface area contributed by atoms with Crippen molar-refractivity contribution in [2.24, 2.45) is 0 Å². The van der Waals surface area contributed by atoms with Crippen molar-refractivity contribution in [3.05, 3.63) is 70.9 Å². The van der Waals surface area contributed by atoms with Gasteiger partial charge >= 0.3 is 6.03 Å². The number of hydrogen-bond acceptors (Lipinski definition) is 4. The summed E-state index contributed by atoms with van der Waals surface area (Å²) >= 11 is 0. The number of urea groups is 1. The molecule has 24 heavy (non-hydrogen) atoms. The molecule has 0 aromatic heterocycles. The molecule has 0 spiro atoms. The second-order valence-electron chi connectivity index (χ2n) is 5.09. The van der Waals surface area contributed by atoms with Crippen LogP contribution in [0.15, 0.2) is 54.2 Å². The second kappa shape index (κ2) is 6.67. The van der Waals surface area contributed by atoms with Crippen LogP contribution in [0.25, 0.3) is 6.08 Å². The van der Waals surface area contributed by atoms with E-state index < -0.39 is 11.9 Å². The summed E-state index contributed by atoms with van der Waals surface area (Å²) in [5.41, 5.74) is 2.36. The first-order chi connectivity index (χ1) is 11.7. The number of rotatable bonds is 4. The van der Waals surface area contributed by atoms with E-state index in [4.69, 9.17) is 10.00 Å². The molecule has 2 aromatic rings. The van der Waals surface area contributed by atoms with E-state index in [1.165, 1.54) is 0 Å². The van der Waals surface area contributed by atoms with Crippen LogP contribution in [0.4, 0.5) is 4.79 Å². The van der Waals surface area contributed by atoms with Gasteiger partial charge in [0.15, 0.2) is 0 Å². The van der Waals surface area contributed by atoms with Crippen LogP contribution in [-0.4, -0.2) is 11.9 Å². The molecule has 1 heterocycles. The number of ether oxygens (including phenoxy) is 1. The minimum absolute atomic E-state index is 0.205. The molecule has 1 aliphatic rings. The van der Waals surface area contributed by atoms with Crippen LogP contribution < -0.4 is 15.4 Å². The van der Waals surface area contributed by atoms with Gasteiger partial charge in [-0.05, 0) is 29.8 Å². The number of amides is 3. The number of benzene rings is 2. The van der Waals surface area contributed by atoms with Gasteiger partial charge in [0.05, 0.1) is 11.6 Å². The lowest BCUT2D eigenvalue weighted by Crippen LogP contribution is -2.22. The van der Waals surface area contributed by atoms with Crippen LogP contribution in [0.5, 0.6) is 5.75 Å². The third-order valence-electron chi connectivity index (χ3n) is 3.44. The van der Waals surface area contributed by atoms with Crippen molar-refractivity contribution in [2.75, 3.05) is 0 Å². The van der Waals surface area contributed by atoms with Crippen molar-refractivity contribution in [3.8, 4) is 11.8 Å². The summed E-state index contributed by atoms with van der Waals surface area (Å²) < 4.78 is 5.68. The van der Waals surface area contributed by atoms with Crippen LogP contribution in [0, 0.1) is 11.3 Å². The zero-order valence-corrected chi connectivity index (χ0v) is 12.6. The quantitative estimate of drug-likeness (QED) is 0.668. The topological polar surface area (TPSA) is 91.2 Å². The molecule has 0 saturated carbocycles. The maximum Gasteiger partial charge on any atom is 0.326 e. The minimum atomic E-state index is -0.526. The highest BCUT2D eigenvalue weighted by atomic mass is 16.5. The molecule has 1 saturated heterocycles. The molecule has 118 valence electrons. The van der Waals surface area contributed by atoms with Crippen molar-refractivity contribution >= 4 is 18.0 Å². The van der Waals surface area contributed by atoms with Crippen molar-refractivity contribution < 1.29 is 14.3 Å². The van der Waals surface area contributed by atoms with E-state index >= 15 is 0 Å². The van der Waals surface area contributed by atoms with E-state index in [0.29, 0.717) is 17.9 Å². The van der Waals surface area contributed by atoms with Gasteiger partial charge in [0.2, 0.25) is 0 Å². The summed E-state index contributed by atoms with van der Waals surface area (Å²) in [7, 11) is 0. The largest absolute Gasteiger partial charge is 0.489 e. The van der Waals surface area contributed by atoms with E-state index in [-0.39, 0.29) is 5.70 Å². The first-order valence-electron chi connectivity index (χ1n) is 7.20. The lowest BCUT2D eigenvalue weighted by Gasteiger charge is -2.08. The first kappa shape index (κ1) is 15.3. The Kier molecular flexibility index (Phi) is 4.25. The third-order valence-corrected chi connectivity index (χ3v) is 3.44. The Hall–Kier alpha value is -3.59. The molecule has 0 unspecified atom stereocenters. The molecule has 0 radical (unpaired) electrons. The highest BCUT2D eigenvalue weighted by molar-refractivity contribution is 6.13. The summed E-state index contributed by atoms with van der Waals surface area (Å²) in [4.78, 5) is 22.5. The number of nitrogens with zero attached hydrogens (tertiary/aromatic N) is 1. The van der Waals surface area contributed by atoms with Crippen molar-refractivity contribution in [2.45, 2.75) is 6.61 Å². The number of carbonyl (C=O) groups is 2. The smallest absolute Gasteiger partial charge is 0.326 e. The molecule has 2 aromatic carbocycles. The van der Waals surface area contributed by atoms with E-state index in [0.717, 1.165) is 11.1 Å². The summed E-state index contributed by atoms with van der Waals surface area (Å²) in [5.74, 6) is 0.193. The van der Waals surface area contributed by atoms with E-state index in [1.807, 2.05) is 18.2 Å². The summed E-state index contributed by atoms with van der Waals surface area (Å²) in [5, 5.41) is 13.6. The summed E-state index contributed by atoms with van der Waals surface area (Å²) in [6.45, 7) is 0.294. The van der Waals surface area contributed by atoms with E-state index in [1.54, 1.807) is 36.4 Å². The Morgan fingerprint density at radius 2 is 1.79 bits per heavy atom. The van der Waals surface area contributed by atoms with Gasteiger partial charge in [-0.15, -0.1) is 0 Å². The van der Waals surface area contributed by atoms with Crippen LogP contribution >= 0.6 is 0 Å². The first-order valence-corrected chi connectivity index (χ1v) is 7.20. The standard InChI is InChI=1S/C18H13N3O3/c19-10-13-3-1-2-4-14(13)11-24-15-7-5-12(6-8-15)9-16-17(22)21-18(23)20-16/h1-9H,11H2,(H2,20,21,22,23)/b16-9+. The highest BCUT2D eigenvalue weighted by Crippen LogP contribution is 2.17. The number of imide groups is 1. The Balaban J connectivity index is 1.67. The summed E-state index contributed by atoms with van der Waals surface area (Å²) in [6, 6.07) is 15.9. The fourth-order valence-corrected chi connectivity index (χ4v) is 2.23. The zero-order valence-electron chi connectivity index (χ0n) is 12.6. The van der Waals surface area contributed by atoms with Crippen LogP contribution in [0.2, 0.25) is 0 Å². The molecule has 6 nitrogen and oxygen atoms in total. The minimum Gasteiger partial charge on any atom is -0.489 e. The highest BCUT2D eigenvalue weighted by Gasteiger charge is 2.22. The lowest BCUT2D eigenvalue weighted by molar-refractivity contribution is -0.115. The van der Waals surface area contributed by atoms with Crippen molar-refractivity contribution in [3.63, 3.8) is 0 Å². The predicted octanol–water partition coefficient (Wildman–Crippen LogP) is 2.32. The average Bonchev–Trinajstić information content (AvgIpc) is 2.91. The number of nitriles is 1. The van der Waals surface area contributed by atoms with Crippen LogP contribution in [-0.2, 0) is 11.4 Å². The number of nitrogens with one attached hydrogen (secondary N) is 2. The molecule has 1 aliphatic heterocycles. The maximum atomic E-state index is 11.5. The van der Waals surface area contributed by atoms with Gasteiger partial charge in [0.25, 0.3) is 5.91 Å². The molecule has 1 fully saturated rings. The monoisotopic (exact) mass is 319 g/mol. The van der Waals surface area contributed by atoms with Crippen molar-refractivity contribution in [1.82, 2.24) is 10.6 Å². The molecule has 6 heteroatoms. The van der Waals surface area contributed by atoms with Gasteiger partial charge in [-0.3, -0.25) is 10.1 Å². The lowest BCUT2D eigenvalue weighted by atomic mass is 10.1. The van der Waals surface area contributed by atoms with Gasteiger partial charge in [-0.25, -0.2) is 4.79 Å². The molecular formula is C18H13N3O3. The van der Waals surface area contributed by atoms with Gasteiger partial charge in [-0.1, -0.05) is 30.3 Å². The average molecular weight is 319 g/mol. The second-order valence-corrected chi connectivity index (χ2v) is 5.09. The Labute approximate surface area is 138 Å². The van der Waals surface area contributed by atoms with Gasteiger partial charge < -0.3 is 10.1 Å². The van der Waals surface area contributed by atoms with E-state index in [2.05, 4.69) is 16.7 Å². The fraction of sp³-hybridized carbons (Fsp3) is 0.0556. The van der Waals surface area contributed by atoms with Crippen molar-refractivity contribution in [1.29, 1.82) is 5.26 Å². The maximum absolute atomic E-state index is 11.5. The van der Waals surface area contributed by atoms with Gasteiger partial charge in [0, 0.05) is 5.56 Å². The zero-order chi connectivity index (χ0) is 16.9. The fourth-order valence-electron chi connectivity index (χ4n) is 2.23. The molecule has 0 bridgehead atoms. The van der Waals surface area contributed by atoms with Gasteiger partial charge in [-0.2, -0.15) is 5.26 Å². The Morgan fingerprint density at radius 3 is 2.46 bits per heavy atom. The SMILES string of the molecule is N#Cc1ccccc1COc1ccc(/C=C2/NC(=O)NC2=O)cc1. The molecule has 0 atom stereocenters.